The summed E-state index contributed by atoms with van der Waals surface area (Å²) in [5.41, 5.74) is 3.22. The van der Waals surface area contributed by atoms with Crippen LogP contribution in [0.4, 0.5) is 5.69 Å². The maximum Gasteiger partial charge on any atom is 0.257 e. The predicted molar refractivity (Wildman–Crippen MR) is 131 cm³/mol. The second-order valence-corrected chi connectivity index (χ2v) is 9.42. The molecule has 37 heavy (non-hydrogen) atoms. The summed E-state index contributed by atoms with van der Waals surface area (Å²) in [4.78, 5) is 16.8. The lowest BCUT2D eigenvalue weighted by molar-refractivity contribution is 0.102. The van der Waals surface area contributed by atoms with Crippen molar-refractivity contribution in [2.75, 3.05) is 5.32 Å². The van der Waals surface area contributed by atoms with Gasteiger partial charge in [0.2, 0.25) is 11.7 Å². The zero-order valence-corrected chi connectivity index (χ0v) is 20.7. The SMILES string of the molecule is Cn1cc(NC(=O)c2ccc(COc3nn4c(-c5cc(CO)on5)nncc4c3C(C)(C)C)nc2)cn1. The molecule has 0 bridgehead atoms. The van der Waals surface area contributed by atoms with Gasteiger partial charge in [-0.05, 0) is 17.5 Å². The summed E-state index contributed by atoms with van der Waals surface area (Å²) in [7, 11) is 1.77. The Kier molecular flexibility index (Phi) is 6.13. The zero-order chi connectivity index (χ0) is 26.2. The quantitative estimate of drug-likeness (QED) is 0.338. The number of nitrogens with one attached hydrogen (secondary N) is 1. The highest BCUT2D eigenvalue weighted by Crippen LogP contribution is 2.36. The predicted octanol–water partition coefficient (Wildman–Crippen LogP) is 2.53. The lowest BCUT2D eigenvalue weighted by Crippen LogP contribution is -2.14. The van der Waals surface area contributed by atoms with E-state index >= 15 is 0 Å². The monoisotopic (exact) mass is 503 g/mol. The third-order valence-electron chi connectivity index (χ3n) is 5.52. The second kappa shape index (κ2) is 9.43. The van der Waals surface area contributed by atoms with Crippen LogP contribution in [0.15, 0.2) is 47.5 Å². The van der Waals surface area contributed by atoms with Gasteiger partial charge < -0.3 is 19.7 Å². The highest BCUT2D eigenvalue weighted by molar-refractivity contribution is 6.03. The van der Waals surface area contributed by atoms with Crippen molar-refractivity contribution in [1.82, 2.24) is 39.7 Å². The van der Waals surface area contributed by atoms with Gasteiger partial charge in [0.1, 0.15) is 13.2 Å². The molecule has 13 nitrogen and oxygen atoms in total. The molecule has 5 aromatic heterocycles. The van der Waals surface area contributed by atoms with E-state index in [1.807, 2.05) is 20.8 Å². The van der Waals surface area contributed by atoms with E-state index in [-0.39, 0.29) is 24.5 Å². The fourth-order valence-electron chi connectivity index (χ4n) is 3.81. The third-order valence-corrected chi connectivity index (χ3v) is 5.52. The van der Waals surface area contributed by atoms with Crippen LogP contribution in [-0.2, 0) is 25.7 Å². The second-order valence-electron chi connectivity index (χ2n) is 9.42. The summed E-state index contributed by atoms with van der Waals surface area (Å²) in [5.74, 6) is 0.767. The number of aromatic nitrogens is 8. The summed E-state index contributed by atoms with van der Waals surface area (Å²) >= 11 is 0. The maximum atomic E-state index is 12.5. The first kappa shape index (κ1) is 24.1. The van der Waals surface area contributed by atoms with E-state index in [2.05, 4.69) is 35.9 Å². The first-order chi connectivity index (χ1) is 17.7. The molecule has 0 saturated carbocycles. The number of rotatable bonds is 7. The molecule has 0 fully saturated rings. The van der Waals surface area contributed by atoms with Crippen molar-refractivity contribution in [1.29, 1.82) is 0 Å². The number of aryl methyl sites for hydroxylation is 1. The number of carbonyl (C=O) groups excluding carboxylic acids is 1. The number of pyridine rings is 1. The molecule has 5 rings (SSSR count). The van der Waals surface area contributed by atoms with E-state index in [0.717, 1.165) is 5.56 Å². The van der Waals surface area contributed by atoms with Crippen LogP contribution < -0.4 is 10.1 Å². The minimum Gasteiger partial charge on any atom is -0.470 e. The van der Waals surface area contributed by atoms with Crippen LogP contribution in [0.25, 0.3) is 17.0 Å². The van der Waals surface area contributed by atoms with Crippen LogP contribution in [0, 0.1) is 0 Å². The lowest BCUT2D eigenvalue weighted by Gasteiger charge is -2.18. The topological polar surface area (TPSA) is 158 Å². The molecule has 0 unspecified atom stereocenters. The van der Waals surface area contributed by atoms with Gasteiger partial charge in [-0.15, -0.1) is 10.2 Å². The Balaban J connectivity index is 1.39. The summed E-state index contributed by atoms with van der Waals surface area (Å²) in [6.07, 6.45) is 6.39. The number of fused-ring (bicyclic) bond motifs is 1. The third kappa shape index (κ3) is 4.89. The average molecular weight is 504 g/mol. The Morgan fingerprint density at radius 3 is 2.70 bits per heavy atom. The first-order valence-corrected chi connectivity index (χ1v) is 11.4. The van der Waals surface area contributed by atoms with E-state index < -0.39 is 0 Å². The minimum atomic E-state index is -0.334. The highest BCUT2D eigenvalue weighted by Gasteiger charge is 2.28. The highest BCUT2D eigenvalue weighted by atomic mass is 16.5. The van der Waals surface area contributed by atoms with E-state index in [4.69, 9.17) is 9.26 Å². The van der Waals surface area contributed by atoms with E-state index in [0.29, 0.717) is 45.6 Å². The largest absolute Gasteiger partial charge is 0.470 e. The molecule has 0 atom stereocenters. The van der Waals surface area contributed by atoms with Crippen molar-refractivity contribution in [2.24, 2.45) is 7.05 Å². The molecular formula is C24H25N9O4. The average Bonchev–Trinajstić information content (AvgIpc) is 3.60. The fourth-order valence-corrected chi connectivity index (χ4v) is 3.81. The molecule has 190 valence electrons. The number of aliphatic hydroxyl groups is 1. The van der Waals surface area contributed by atoms with Crippen molar-refractivity contribution in [3.63, 3.8) is 0 Å². The number of aliphatic hydroxyl groups excluding tert-OH is 1. The van der Waals surface area contributed by atoms with Gasteiger partial charge in [-0.25, -0.2) is 4.52 Å². The van der Waals surface area contributed by atoms with Crippen molar-refractivity contribution in [3.8, 4) is 17.4 Å². The molecule has 13 heteroatoms. The summed E-state index contributed by atoms with van der Waals surface area (Å²) < 4.78 is 14.4. The number of nitrogens with zero attached hydrogens (tertiary/aromatic N) is 8. The van der Waals surface area contributed by atoms with Crippen LogP contribution in [0.1, 0.15) is 48.1 Å². The Bertz CT molecular complexity index is 1560. The maximum absolute atomic E-state index is 12.5. The molecule has 0 spiro atoms. The molecule has 0 saturated heterocycles. The molecule has 0 aliphatic heterocycles. The van der Waals surface area contributed by atoms with Crippen molar-refractivity contribution in [3.05, 3.63) is 65.6 Å². The fraction of sp³-hybridized carbons (Fsp3) is 0.292. The number of carbonyl (C=O) groups is 1. The standard InChI is InChI=1S/C24H25N9O4/c1-24(2,3)20-19-10-26-29-21(18-7-17(12-34)37-31-18)33(19)30-23(20)36-13-15-6-5-14(8-25-15)22(35)28-16-9-27-32(4)11-16/h5-11,34H,12-13H2,1-4H3,(H,28,35). The minimum absolute atomic E-state index is 0.131. The molecule has 0 aliphatic carbocycles. The van der Waals surface area contributed by atoms with Gasteiger partial charge in [0.05, 0.1) is 34.9 Å². The van der Waals surface area contributed by atoms with Gasteiger partial charge in [0.15, 0.2) is 11.5 Å². The number of amides is 1. The van der Waals surface area contributed by atoms with Crippen LogP contribution >= 0.6 is 0 Å². The van der Waals surface area contributed by atoms with Crippen LogP contribution in [0.2, 0.25) is 0 Å². The zero-order valence-electron chi connectivity index (χ0n) is 20.7. The molecule has 5 aromatic rings. The van der Waals surface area contributed by atoms with E-state index in [9.17, 15) is 9.90 Å². The van der Waals surface area contributed by atoms with E-state index in [1.165, 1.54) is 6.20 Å². The Hall–Kier alpha value is -4.65. The Morgan fingerprint density at radius 2 is 2.05 bits per heavy atom. The lowest BCUT2D eigenvalue weighted by atomic mass is 9.88. The van der Waals surface area contributed by atoms with Gasteiger partial charge in [0, 0.05) is 31.1 Å². The van der Waals surface area contributed by atoms with Gasteiger partial charge >= 0.3 is 0 Å². The Labute approximate surface area is 211 Å². The molecule has 2 N–H and O–H groups in total. The number of hydrogen-bond acceptors (Lipinski definition) is 10. The molecule has 0 aromatic carbocycles. The molecule has 1 amide bonds. The summed E-state index contributed by atoms with van der Waals surface area (Å²) in [5, 5.41) is 33.0. The number of hydrogen-bond donors (Lipinski definition) is 2. The molecule has 0 aliphatic rings. The smallest absolute Gasteiger partial charge is 0.257 e. The Morgan fingerprint density at radius 1 is 1.22 bits per heavy atom. The molecule has 0 radical (unpaired) electrons. The van der Waals surface area contributed by atoms with Gasteiger partial charge in [-0.1, -0.05) is 25.9 Å². The normalized spacial score (nSPS) is 11.7. The van der Waals surface area contributed by atoms with Crippen molar-refractivity contribution >= 4 is 17.1 Å². The van der Waals surface area contributed by atoms with Crippen molar-refractivity contribution < 1.29 is 19.2 Å². The van der Waals surface area contributed by atoms with Crippen molar-refractivity contribution in [2.45, 2.75) is 39.4 Å². The number of ether oxygens (including phenoxy) is 1. The van der Waals surface area contributed by atoms with Gasteiger partial charge in [-0.2, -0.15) is 10.2 Å². The first-order valence-electron chi connectivity index (χ1n) is 11.4. The van der Waals surface area contributed by atoms with Gasteiger partial charge in [-0.3, -0.25) is 14.5 Å². The van der Waals surface area contributed by atoms with Gasteiger partial charge in [0.25, 0.3) is 5.91 Å². The summed E-state index contributed by atoms with van der Waals surface area (Å²) in [6, 6.07) is 4.99. The van der Waals surface area contributed by atoms with Crippen LogP contribution in [0.5, 0.6) is 5.88 Å². The number of anilines is 1. The van der Waals surface area contributed by atoms with Crippen LogP contribution in [-0.4, -0.2) is 50.7 Å². The molecule has 5 heterocycles. The summed E-state index contributed by atoms with van der Waals surface area (Å²) in [6.45, 7) is 5.99. The molecular weight excluding hydrogens is 478 g/mol. The van der Waals surface area contributed by atoms with Crippen LogP contribution in [0.3, 0.4) is 0 Å². The van der Waals surface area contributed by atoms with E-state index in [1.54, 1.807) is 53.0 Å².